The number of aromatic nitrogens is 1. The topological polar surface area (TPSA) is 107 Å². The molecule has 2 aromatic rings. The summed E-state index contributed by atoms with van der Waals surface area (Å²) in [7, 11) is 0. The molecule has 124 valence electrons. The highest BCUT2D eigenvalue weighted by atomic mass is 16.7. The maximum atomic E-state index is 12.0. The van der Waals surface area contributed by atoms with Crippen molar-refractivity contribution in [2.75, 3.05) is 6.79 Å². The number of pyridine rings is 1. The van der Waals surface area contributed by atoms with E-state index in [9.17, 15) is 14.4 Å². The Kier molecular flexibility index (Phi) is 4.19. The fourth-order valence-corrected chi connectivity index (χ4v) is 2.24. The fraction of sp³-hybridized carbons (Fsp3) is 0.188. The van der Waals surface area contributed by atoms with E-state index in [4.69, 9.17) is 14.6 Å². The van der Waals surface area contributed by atoms with Gasteiger partial charge in [-0.15, -0.1) is 0 Å². The average molecular weight is 330 g/mol. The van der Waals surface area contributed by atoms with Gasteiger partial charge < -0.3 is 24.5 Å². The van der Waals surface area contributed by atoms with Crippen LogP contribution in [0.5, 0.6) is 11.5 Å². The Bertz CT molecular complexity index is 858. The molecule has 1 aliphatic rings. The van der Waals surface area contributed by atoms with Crippen LogP contribution in [-0.4, -0.2) is 28.3 Å². The second kappa shape index (κ2) is 6.45. The largest absolute Gasteiger partial charge is 0.478 e. The van der Waals surface area contributed by atoms with Crippen LogP contribution in [0.3, 0.4) is 0 Å². The van der Waals surface area contributed by atoms with Crippen LogP contribution in [0.2, 0.25) is 0 Å². The van der Waals surface area contributed by atoms with E-state index >= 15 is 0 Å². The number of aromatic carboxylic acids is 1. The first-order valence-corrected chi connectivity index (χ1v) is 7.12. The summed E-state index contributed by atoms with van der Waals surface area (Å²) in [5.74, 6) is -0.295. The summed E-state index contributed by atoms with van der Waals surface area (Å²) in [6.45, 7) is 0.168. The van der Waals surface area contributed by atoms with E-state index < -0.39 is 17.4 Å². The molecule has 0 saturated heterocycles. The fourth-order valence-electron chi connectivity index (χ4n) is 2.24. The van der Waals surface area contributed by atoms with Crippen molar-refractivity contribution in [2.24, 2.45) is 0 Å². The number of carbonyl (C=O) groups is 2. The van der Waals surface area contributed by atoms with Crippen molar-refractivity contribution in [2.45, 2.75) is 13.1 Å². The molecule has 8 nitrogen and oxygen atoms in total. The smallest absolute Gasteiger partial charge is 0.337 e. The van der Waals surface area contributed by atoms with Crippen LogP contribution < -0.4 is 20.3 Å². The molecule has 0 radical (unpaired) electrons. The standard InChI is InChI=1S/C16H14N2O6/c19-14(8-18-7-11(16(21)22)2-4-15(18)20)17-6-10-1-3-12-13(5-10)24-9-23-12/h1-5,7H,6,8-9H2,(H,17,19)(H,21,22). The number of carboxylic acid groups (broad SMARTS) is 1. The molecule has 3 rings (SSSR count). The van der Waals surface area contributed by atoms with Crippen molar-refractivity contribution in [1.82, 2.24) is 9.88 Å². The van der Waals surface area contributed by atoms with Crippen LogP contribution in [0, 0.1) is 0 Å². The Morgan fingerprint density at radius 2 is 1.96 bits per heavy atom. The Hall–Kier alpha value is -3.29. The number of benzene rings is 1. The number of nitrogens with zero attached hydrogens (tertiary/aromatic N) is 1. The van der Waals surface area contributed by atoms with E-state index in [0.717, 1.165) is 22.4 Å². The van der Waals surface area contributed by atoms with Gasteiger partial charge in [-0.2, -0.15) is 0 Å². The number of fused-ring (bicyclic) bond motifs is 1. The van der Waals surface area contributed by atoms with Gasteiger partial charge in [0, 0.05) is 18.8 Å². The molecule has 0 atom stereocenters. The molecular weight excluding hydrogens is 316 g/mol. The second-order valence-corrected chi connectivity index (χ2v) is 5.15. The zero-order valence-electron chi connectivity index (χ0n) is 12.5. The number of nitrogens with one attached hydrogen (secondary N) is 1. The summed E-state index contributed by atoms with van der Waals surface area (Å²) in [6.07, 6.45) is 1.14. The van der Waals surface area contributed by atoms with Gasteiger partial charge in [-0.05, 0) is 23.8 Å². The highest BCUT2D eigenvalue weighted by Crippen LogP contribution is 2.32. The molecule has 1 aromatic carbocycles. The first kappa shape index (κ1) is 15.6. The minimum atomic E-state index is -1.16. The van der Waals surface area contributed by atoms with Crippen LogP contribution in [0.15, 0.2) is 41.3 Å². The van der Waals surface area contributed by atoms with Gasteiger partial charge in [0.05, 0.1) is 5.56 Å². The molecule has 2 N–H and O–H groups in total. The SMILES string of the molecule is O=C(Cn1cc(C(=O)O)ccc1=O)NCc1ccc2c(c1)OCO2. The number of rotatable bonds is 5. The molecule has 24 heavy (non-hydrogen) atoms. The van der Waals surface area contributed by atoms with E-state index in [1.165, 1.54) is 6.07 Å². The third-order valence-corrected chi connectivity index (χ3v) is 3.47. The minimum absolute atomic E-state index is 0.0572. The number of hydrogen-bond acceptors (Lipinski definition) is 5. The number of carbonyl (C=O) groups excluding carboxylic acids is 1. The zero-order valence-corrected chi connectivity index (χ0v) is 12.5. The van der Waals surface area contributed by atoms with E-state index in [1.54, 1.807) is 18.2 Å². The summed E-state index contributed by atoms with van der Waals surface area (Å²) in [4.78, 5) is 34.6. The maximum absolute atomic E-state index is 12.0. The zero-order chi connectivity index (χ0) is 17.1. The molecule has 1 amide bonds. The van der Waals surface area contributed by atoms with Crippen LogP contribution in [0.1, 0.15) is 15.9 Å². The van der Waals surface area contributed by atoms with E-state index in [2.05, 4.69) is 5.32 Å². The van der Waals surface area contributed by atoms with Crippen molar-refractivity contribution in [1.29, 1.82) is 0 Å². The first-order valence-electron chi connectivity index (χ1n) is 7.12. The van der Waals surface area contributed by atoms with Crippen LogP contribution in [0.25, 0.3) is 0 Å². The van der Waals surface area contributed by atoms with Gasteiger partial charge in [-0.25, -0.2) is 4.79 Å². The molecule has 8 heteroatoms. The molecule has 0 aliphatic carbocycles. The Balaban J connectivity index is 1.63. The quantitative estimate of drug-likeness (QED) is 0.831. The Morgan fingerprint density at radius 3 is 2.75 bits per heavy atom. The molecule has 1 aromatic heterocycles. The number of ether oxygens (including phenoxy) is 2. The number of carboxylic acids is 1. The molecule has 0 fully saturated rings. The van der Waals surface area contributed by atoms with Crippen molar-refractivity contribution < 1.29 is 24.2 Å². The third kappa shape index (κ3) is 3.37. The second-order valence-electron chi connectivity index (χ2n) is 5.15. The lowest BCUT2D eigenvalue weighted by Crippen LogP contribution is -2.32. The predicted molar refractivity (Wildman–Crippen MR) is 82.1 cm³/mol. The van der Waals surface area contributed by atoms with E-state index in [1.807, 2.05) is 0 Å². The number of hydrogen-bond donors (Lipinski definition) is 2. The Morgan fingerprint density at radius 1 is 1.17 bits per heavy atom. The molecule has 0 unspecified atom stereocenters. The van der Waals surface area contributed by atoms with Gasteiger partial charge in [0.25, 0.3) is 5.56 Å². The third-order valence-electron chi connectivity index (χ3n) is 3.47. The molecule has 0 spiro atoms. The Labute approximate surface area is 136 Å². The van der Waals surface area contributed by atoms with Crippen molar-refractivity contribution >= 4 is 11.9 Å². The van der Waals surface area contributed by atoms with Crippen LogP contribution in [-0.2, 0) is 17.9 Å². The van der Waals surface area contributed by atoms with Gasteiger partial charge in [0.15, 0.2) is 11.5 Å². The van der Waals surface area contributed by atoms with Gasteiger partial charge in [-0.1, -0.05) is 6.07 Å². The highest BCUT2D eigenvalue weighted by molar-refractivity contribution is 5.87. The normalized spacial score (nSPS) is 12.0. The van der Waals surface area contributed by atoms with Crippen LogP contribution in [0.4, 0.5) is 0 Å². The van der Waals surface area contributed by atoms with Crippen molar-refractivity contribution in [3.8, 4) is 11.5 Å². The van der Waals surface area contributed by atoms with Crippen molar-refractivity contribution in [3.05, 3.63) is 58.0 Å². The summed E-state index contributed by atoms with van der Waals surface area (Å²) in [6, 6.07) is 7.63. The minimum Gasteiger partial charge on any atom is -0.478 e. The predicted octanol–water partition coefficient (Wildman–Crippen LogP) is 0.592. The lowest BCUT2D eigenvalue weighted by molar-refractivity contribution is -0.121. The summed E-state index contributed by atoms with van der Waals surface area (Å²) < 4.78 is 11.5. The highest BCUT2D eigenvalue weighted by Gasteiger charge is 2.14. The van der Waals surface area contributed by atoms with Gasteiger partial charge in [-0.3, -0.25) is 9.59 Å². The first-order chi connectivity index (χ1) is 11.5. The molecular formula is C16H14N2O6. The van der Waals surface area contributed by atoms with Crippen molar-refractivity contribution in [3.63, 3.8) is 0 Å². The van der Waals surface area contributed by atoms with Gasteiger partial charge >= 0.3 is 5.97 Å². The van der Waals surface area contributed by atoms with Crippen LogP contribution >= 0.6 is 0 Å². The molecule has 0 saturated carbocycles. The van der Waals surface area contributed by atoms with E-state index in [0.29, 0.717) is 11.5 Å². The lowest BCUT2D eigenvalue weighted by atomic mass is 10.2. The monoisotopic (exact) mass is 330 g/mol. The maximum Gasteiger partial charge on any atom is 0.337 e. The molecule has 2 heterocycles. The lowest BCUT2D eigenvalue weighted by Gasteiger charge is -2.08. The summed E-state index contributed by atoms with van der Waals surface area (Å²) >= 11 is 0. The summed E-state index contributed by atoms with van der Waals surface area (Å²) in [5.41, 5.74) is 0.315. The average Bonchev–Trinajstić information content (AvgIpc) is 3.02. The number of amides is 1. The summed E-state index contributed by atoms with van der Waals surface area (Å²) in [5, 5.41) is 11.6. The molecule has 0 bridgehead atoms. The van der Waals surface area contributed by atoms with E-state index in [-0.39, 0.29) is 25.4 Å². The van der Waals surface area contributed by atoms with Gasteiger partial charge in [0.1, 0.15) is 6.54 Å². The molecule has 1 aliphatic heterocycles. The van der Waals surface area contributed by atoms with Gasteiger partial charge in [0.2, 0.25) is 12.7 Å².